The first-order chi connectivity index (χ1) is 8.45. The van der Waals surface area contributed by atoms with Gasteiger partial charge in [-0.1, -0.05) is 15.9 Å². The lowest BCUT2D eigenvalue weighted by Crippen LogP contribution is -2.38. The van der Waals surface area contributed by atoms with E-state index in [1.165, 1.54) is 12.1 Å². The van der Waals surface area contributed by atoms with E-state index in [1.807, 2.05) is 13.8 Å². The molecule has 3 nitrogen and oxygen atoms in total. The maximum atomic E-state index is 13.3. The lowest BCUT2D eigenvalue weighted by Gasteiger charge is -2.26. The van der Waals surface area contributed by atoms with Crippen molar-refractivity contribution >= 4 is 21.8 Å². The highest BCUT2D eigenvalue weighted by Crippen LogP contribution is 2.17. The van der Waals surface area contributed by atoms with Crippen molar-refractivity contribution in [2.24, 2.45) is 0 Å². The SMILES string of the molecule is CC(C)N(CCCO)C(=O)c1cc(F)cc(Br)c1. The number of hydrogen-bond acceptors (Lipinski definition) is 2. The van der Waals surface area contributed by atoms with Crippen LogP contribution in [0.25, 0.3) is 0 Å². The molecule has 0 aliphatic rings. The Kier molecular flexibility index (Phi) is 5.75. The number of nitrogens with zero attached hydrogens (tertiary/aromatic N) is 1. The Hall–Kier alpha value is -0.940. The van der Waals surface area contributed by atoms with Gasteiger partial charge in [-0.25, -0.2) is 4.39 Å². The summed E-state index contributed by atoms with van der Waals surface area (Å²) in [4.78, 5) is 13.9. The first kappa shape index (κ1) is 15.1. The van der Waals surface area contributed by atoms with Crippen molar-refractivity contribution < 1.29 is 14.3 Å². The number of carbonyl (C=O) groups excluding carboxylic acids is 1. The second-order valence-electron chi connectivity index (χ2n) is 4.33. The summed E-state index contributed by atoms with van der Waals surface area (Å²) in [7, 11) is 0. The van der Waals surface area contributed by atoms with Crippen molar-refractivity contribution in [3.05, 3.63) is 34.1 Å². The van der Waals surface area contributed by atoms with Crippen LogP contribution in [-0.4, -0.2) is 35.1 Å². The highest BCUT2D eigenvalue weighted by molar-refractivity contribution is 9.10. The van der Waals surface area contributed by atoms with E-state index in [2.05, 4.69) is 15.9 Å². The Morgan fingerprint density at radius 1 is 1.44 bits per heavy atom. The van der Waals surface area contributed by atoms with Crippen molar-refractivity contribution in [2.45, 2.75) is 26.3 Å². The van der Waals surface area contributed by atoms with Gasteiger partial charge in [-0.2, -0.15) is 0 Å². The van der Waals surface area contributed by atoms with Gasteiger partial charge in [0.05, 0.1) is 0 Å². The molecule has 18 heavy (non-hydrogen) atoms. The summed E-state index contributed by atoms with van der Waals surface area (Å²) in [6.45, 7) is 4.28. The molecule has 0 aliphatic heterocycles. The van der Waals surface area contributed by atoms with Gasteiger partial charge in [-0.3, -0.25) is 4.79 Å². The van der Waals surface area contributed by atoms with Gasteiger partial charge in [0.25, 0.3) is 5.91 Å². The molecule has 1 rings (SSSR count). The molecule has 0 saturated carbocycles. The molecule has 0 atom stereocenters. The number of hydrogen-bond donors (Lipinski definition) is 1. The van der Waals surface area contributed by atoms with Crippen LogP contribution in [0.1, 0.15) is 30.6 Å². The second-order valence-corrected chi connectivity index (χ2v) is 5.24. The first-order valence-electron chi connectivity index (χ1n) is 5.83. The fourth-order valence-electron chi connectivity index (χ4n) is 1.68. The van der Waals surface area contributed by atoms with Crippen molar-refractivity contribution in [1.29, 1.82) is 0 Å². The molecule has 5 heteroatoms. The molecule has 0 fully saturated rings. The molecule has 1 aromatic carbocycles. The molecule has 0 unspecified atom stereocenters. The van der Waals surface area contributed by atoms with Gasteiger partial charge >= 0.3 is 0 Å². The molecule has 0 aliphatic carbocycles. The number of aliphatic hydroxyl groups is 1. The van der Waals surface area contributed by atoms with Crippen LogP contribution in [0.4, 0.5) is 4.39 Å². The van der Waals surface area contributed by atoms with E-state index in [4.69, 9.17) is 5.11 Å². The average molecular weight is 318 g/mol. The average Bonchev–Trinajstić information content (AvgIpc) is 2.27. The van der Waals surface area contributed by atoms with Gasteiger partial charge < -0.3 is 10.0 Å². The Morgan fingerprint density at radius 3 is 2.61 bits per heavy atom. The molecule has 0 saturated heterocycles. The highest BCUT2D eigenvalue weighted by atomic mass is 79.9. The van der Waals surface area contributed by atoms with E-state index in [9.17, 15) is 9.18 Å². The minimum Gasteiger partial charge on any atom is -0.396 e. The summed E-state index contributed by atoms with van der Waals surface area (Å²) in [6, 6.07) is 4.14. The Morgan fingerprint density at radius 2 is 2.11 bits per heavy atom. The Balaban J connectivity index is 2.94. The van der Waals surface area contributed by atoms with Crippen LogP contribution in [0.2, 0.25) is 0 Å². The van der Waals surface area contributed by atoms with Gasteiger partial charge in [0.15, 0.2) is 0 Å². The lowest BCUT2D eigenvalue weighted by molar-refractivity contribution is 0.0692. The molecular formula is C13H17BrFNO2. The van der Waals surface area contributed by atoms with Gasteiger partial charge in [0.1, 0.15) is 5.82 Å². The third kappa shape index (κ3) is 4.07. The fraction of sp³-hybridized carbons (Fsp3) is 0.462. The van der Waals surface area contributed by atoms with E-state index in [1.54, 1.807) is 11.0 Å². The molecule has 0 spiro atoms. The fourth-order valence-corrected chi connectivity index (χ4v) is 2.14. The van der Waals surface area contributed by atoms with Crippen molar-refractivity contribution in [3.8, 4) is 0 Å². The van der Waals surface area contributed by atoms with Gasteiger partial charge in [0, 0.05) is 29.2 Å². The van der Waals surface area contributed by atoms with Gasteiger partial charge in [0.2, 0.25) is 0 Å². The predicted octanol–water partition coefficient (Wildman–Crippen LogP) is 2.82. The number of carbonyl (C=O) groups is 1. The molecule has 0 bridgehead atoms. The molecule has 1 N–H and O–H groups in total. The lowest BCUT2D eigenvalue weighted by atomic mass is 10.1. The first-order valence-corrected chi connectivity index (χ1v) is 6.63. The number of rotatable bonds is 5. The van der Waals surface area contributed by atoms with E-state index in [0.29, 0.717) is 23.0 Å². The molecule has 0 heterocycles. The molecule has 0 aromatic heterocycles. The summed E-state index contributed by atoms with van der Waals surface area (Å²) in [6.07, 6.45) is 0.514. The summed E-state index contributed by atoms with van der Waals surface area (Å²) < 4.78 is 13.8. The molecule has 100 valence electrons. The second kappa shape index (κ2) is 6.85. The monoisotopic (exact) mass is 317 g/mol. The van der Waals surface area contributed by atoms with Crippen LogP contribution >= 0.6 is 15.9 Å². The Labute approximate surface area is 115 Å². The largest absolute Gasteiger partial charge is 0.396 e. The van der Waals surface area contributed by atoms with Crippen molar-refractivity contribution in [2.75, 3.05) is 13.2 Å². The summed E-state index contributed by atoms with van der Waals surface area (Å²) in [5.41, 5.74) is 0.313. The zero-order valence-electron chi connectivity index (χ0n) is 10.5. The van der Waals surface area contributed by atoms with E-state index in [-0.39, 0.29) is 18.6 Å². The van der Waals surface area contributed by atoms with Crippen LogP contribution < -0.4 is 0 Å². The molecule has 1 aromatic rings. The summed E-state index contributed by atoms with van der Waals surface area (Å²) >= 11 is 3.17. The zero-order chi connectivity index (χ0) is 13.7. The standard InChI is InChI=1S/C13H17BrFNO2/c1-9(2)16(4-3-5-17)13(18)10-6-11(14)8-12(15)7-10/h6-9,17H,3-5H2,1-2H3. The third-order valence-corrected chi connectivity index (χ3v) is 3.01. The number of amides is 1. The maximum Gasteiger partial charge on any atom is 0.254 e. The topological polar surface area (TPSA) is 40.5 Å². The predicted molar refractivity (Wildman–Crippen MR) is 72.0 cm³/mol. The normalized spacial score (nSPS) is 10.8. The van der Waals surface area contributed by atoms with E-state index >= 15 is 0 Å². The summed E-state index contributed by atoms with van der Waals surface area (Å²) in [5, 5.41) is 8.83. The van der Waals surface area contributed by atoms with Crippen LogP contribution in [0.5, 0.6) is 0 Å². The van der Waals surface area contributed by atoms with E-state index in [0.717, 1.165) is 0 Å². The quantitative estimate of drug-likeness (QED) is 0.907. The molecule has 0 radical (unpaired) electrons. The zero-order valence-corrected chi connectivity index (χ0v) is 12.1. The number of aliphatic hydroxyl groups excluding tert-OH is 1. The molecular weight excluding hydrogens is 301 g/mol. The minimum absolute atomic E-state index is 0.00564. The third-order valence-electron chi connectivity index (χ3n) is 2.55. The minimum atomic E-state index is -0.446. The van der Waals surface area contributed by atoms with Crippen molar-refractivity contribution in [1.82, 2.24) is 4.90 Å². The Bertz CT molecular complexity index is 403. The maximum absolute atomic E-state index is 13.3. The number of benzene rings is 1. The van der Waals surface area contributed by atoms with Crippen LogP contribution in [0.15, 0.2) is 22.7 Å². The van der Waals surface area contributed by atoms with Crippen molar-refractivity contribution in [3.63, 3.8) is 0 Å². The molecule has 1 amide bonds. The van der Waals surface area contributed by atoms with E-state index < -0.39 is 5.82 Å². The van der Waals surface area contributed by atoms with Gasteiger partial charge in [-0.15, -0.1) is 0 Å². The summed E-state index contributed by atoms with van der Waals surface area (Å²) in [5.74, 6) is -0.669. The van der Waals surface area contributed by atoms with Gasteiger partial charge in [-0.05, 0) is 38.5 Å². The smallest absolute Gasteiger partial charge is 0.254 e. The van der Waals surface area contributed by atoms with Crippen LogP contribution in [-0.2, 0) is 0 Å². The number of halogens is 2. The van der Waals surface area contributed by atoms with Crippen LogP contribution in [0.3, 0.4) is 0 Å². The highest BCUT2D eigenvalue weighted by Gasteiger charge is 2.19. The van der Waals surface area contributed by atoms with Crippen LogP contribution in [0, 0.1) is 5.82 Å².